The number of likely N-dealkylation sites (N-methyl/N-ethyl adjacent to an activating group) is 1. The van der Waals surface area contributed by atoms with Gasteiger partial charge in [0.1, 0.15) is 37.8 Å². The summed E-state index contributed by atoms with van der Waals surface area (Å²) in [4.78, 5) is 71.2. The highest BCUT2D eigenvalue weighted by molar-refractivity contribution is 14.1. The summed E-state index contributed by atoms with van der Waals surface area (Å²) < 4.78 is 198. The van der Waals surface area contributed by atoms with Crippen LogP contribution < -0.4 is 25.8 Å². The van der Waals surface area contributed by atoms with Crippen LogP contribution in [0.2, 0.25) is 0 Å². The van der Waals surface area contributed by atoms with Crippen molar-refractivity contribution in [3.8, 4) is 0 Å². The zero-order chi connectivity index (χ0) is 77.1. The van der Waals surface area contributed by atoms with E-state index < -0.39 is 114 Å². The van der Waals surface area contributed by atoms with Crippen molar-refractivity contribution in [3.05, 3.63) is 150 Å². The summed E-state index contributed by atoms with van der Waals surface area (Å²) in [5.41, 5.74) is 6.09. The van der Waals surface area contributed by atoms with Gasteiger partial charge in [-0.1, -0.05) is 41.7 Å². The van der Waals surface area contributed by atoms with Crippen molar-refractivity contribution in [2.75, 3.05) is 61.7 Å². The topological polar surface area (TPSA) is 376 Å². The molecule has 5 rings (SSSR count). The van der Waals surface area contributed by atoms with Crippen molar-refractivity contribution in [2.45, 2.75) is 58.8 Å². The van der Waals surface area contributed by atoms with E-state index in [1.54, 1.807) is 87.0 Å². The number of rotatable bonds is 21. The Kier molecular flexibility index (Phi) is 43.6. The predicted octanol–water partition coefficient (Wildman–Crippen LogP) is 10.2. The van der Waals surface area contributed by atoms with Crippen molar-refractivity contribution in [3.63, 3.8) is 0 Å². The smallest absolute Gasteiger partial charge is 0.426 e. The number of aromatic nitrogens is 2. The first-order valence-electron chi connectivity index (χ1n) is 26.6. The summed E-state index contributed by atoms with van der Waals surface area (Å²) in [5, 5.41) is 4.83. The van der Waals surface area contributed by atoms with Crippen LogP contribution in [-0.2, 0) is 70.2 Å². The van der Waals surface area contributed by atoms with Crippen LogP contribution in [0.1, 0.15) is 64.3 Å². The number of benzene rings is 4. The average Bonchev–Trinajstić information content (AvgIpc) is 1.20. The fraction of sp³-hybridized carbons (Fsp3) is 0.304. The second-order valence-electron chi connectivity index (χ2n) is 19.3. The van der Waals surface area contributed by atoms with Gasteiger partial charge in [-0.3, -0.25) is 9.59 Å². The summed E-state index contributed by atoms with van der Waals surface area (Å²) in [6, 6.07) is 14.2. The highest BCUT2D eigenvalue weighted by atomic mass is 127. The van der Waals surface area contributed by atoms with Crippen molar-refractivity contribution >= 4 is 279 Å². The molecule has 5 aromatic rings. The molecule has 0 aliphatic carbocycles. The standard InChI is InChI=1S/C14H12F3I3N2O7S.C10H6Br3F3O5S.C9H7I3O5S.C8H15NO2.C8H9N.C7H11N2/c1-4(23)21-11-8(18)7(9(19)12(10(11)20)22-5(2)24)13(25)29-6(14(15,16)17)3-30(26,27)28;11-4-1-5(8(13)6(12)2-4)9(17)21-7(10(14,15)16)3-22(18,19)20;10-5-3-6(8(12)7(11)4-5)9(13)17-1-2-18(14,15)16;1-7(2)8(10)11-6-5-9(3)4;1-2-7-3-5-8(9)6-4-7;1-3-8-5-6-9(4-2)7-8/h6H,3H2,1-2H3,(H,21,23)(H,22,24)(H,26,27,28);1-2,7H,3H2,(H,18,19,20);3-4H,1-2H2,(H,14,15,16);1,5-6H2,2-4H3;2-6H,1,9H2;3,5-7H,1,4H2,2H3/q;;;;;+1/p-1. The van der Waals surface area contributed by atoms with E-state index in [4.69, 9.17) is 9.47 Å². The zero-order valence-corrected chi connectivity index (χ0v) is 72.1. The number of nitrogens with zero attached hydrogens (tertiary/aromatic N) is 2. The Morgan fingerprint density at radius 1 is 0.697 bits per heavy atom. The van der Waals surface area contributed by atoms with Crippen molar-refractivity contribution in [1.29, 1.82) is 0 Å². The summed E-state index contributed by atoms with van der Waals surface area (Å²) >= 11 is 20.2. The molecule has 0 saturated heterocycles. The largest absolute Gasteiger partial charge is 0.748 e. The molecule has 2 amide bonds. The van der Waals surface area contributed by atoms with Crippen LogP contribution in [0.25, 0.3) is 12.3 Å². The third-order valence-electron chi connectivity index (χ3n) is 10.7. The molecule has 0 bridgehead atoms. The minimum Gasteiger partial charge on any atom is -0.748 e. The zero-order valence-electron chi connectivity index (χ0n) is 52.0. The van der Waals surface area contributed by atoms with Gasteiger partial charge in [0.25, 0.3) is 0 Å². The molecular formula is C56H59Br3F6I6N6O19S3. The van der Waals surface area contributed by atoms with Crippen molar-refractivity contribution in [1.82, 2.24) is 4.57 Å². The lowest BCUT2D eigenvalue weighted by atomic mass is 10.1. The molecular weight excluding hydrogens is 2270 g/mol. The number of quaternary nitrogens is 2. The molecule has 4 aromatic carbocycles. The number of hydrogen-bond acceptors (Lipinski definition) is 19. The van der Waals surface area contributed by atoms with E-state index in [0.29, 0.717) is 26.7 Å². The van der Waals surface area contributed by atoms with Crippen LogP contribution in [0.5, 0.6) is 0 Å². The maximum absolute atomic E-state index is 13.1. The molecule has 2 atom stereocenters. The number of aryl methyl sites for hydroxylation is 1. The second kappa shape index (κ2) is 44.9. The lowest BCUT2D eigenvalue weighted by Gasteiger charge is -2.24. The first-order chi connectivity index (χ1) is 45.2. The highest BCUT2D eigenvalue weighted by Gasteiger charge is 2.46. The van der Waals surface area contributed by atoms with Crippen LogP contribution in [0.4, 0.5) is 43.4 Å². The van der Waals surface area contributed by atoms with Gasteiger partial charge in [-0.05, 0) is 235 Å². The molecule has 0 fully saturated rings. The van der Waals surface area contributed by atoms with E-state index >= 15 is 0 Å². The maximum Gasteiger partial charge on any atom is 0.426 e. The number of anilines is 2. The molecule has 1 heterocycles. The van der Waals surface area contributed by atoms with Gasteiger partial charge in [0.15, 0.2) is 0 Å². The van der Waals surface area contributed by atoms with E-state index in [1.165, 1.54) is 17.0 Å². The minimum atomic E-state index is -5.38. The molecule has 25 nitrogen and oxygen atoms in total. The van der Waals surface area contributed by atoms with Gasteiger partial charge in [0.05, 0.1) is 113 Å². The third-order valence-corrected chi connectivity index (χ3v) is 22.2. The Hall–Kier alpha value is -2.82. The first kappa shape index (κ1) is 96.2. The van der Waals surface area contributed by atoms with Gasteiger partial charge in [0.2, 0.25) is 30.3 Å². The van der Waals surface area contributed by atoms with E-state index in [2.05, 4.69) is 150 Å². The van der Waals surface area contributed by atoms with Gasteiger partial charge < -0.3 is 53.9 Å². The van der Waals surface area contributed by atoms with Gasteiger partial charge in [-0.15, -0.1) is 0 Å². The Morgan fingerprint density at radius 2 is 1.18 bits per heavy atom. The van der Waals surface area contributed by atoms with Crippen molar-refractivity contribution in [2.24, 2.45) is 0 Å². The molecule has 0 radical (unpaired) electrons. The first-order valence-corrected chi connectivity index (χ1v) is 40.2. The van der Waals surface area contributed by atoms with E-state index in [-0.39, 0.29) is 38.1 Å². The third kappa shape index (κ3) is 39.2. The number of ether oxygens (including phenoxy) is 4. The fourth-order valence-corrected chi connectivity index (χ4v) is 15.8. The number of carbonyl (C=O) groups is 6. The molecule has 1 aromatic heterocycles. The summed E-state index contributed by atoms with van der Waals surface area (Å²) in [6.45, 7) is 18.7. The van der Waals surface area contributed by atoms with Crippen LogP contribution in [0.3, 0.4) is 0 Å². The highest BCUT2D eigenvalue weighted by Crippen LogP contribution is 2.40. The second-order valence-corrected chi connectivity index (χ2v) is 33.0. The monoisotopic (exact) mass is 2330 g/mol. The molecule has 0 aliphatic rings. The van der Waals surface area contributed by atoms with Gasteiger partial charge >= 0.3 is 36.2 Å². The number of imidazole rings is 1. The minimum absolute atomic E-state index is 0.0124. The number of alkyl halides is 6. The number of halogens is 15. The molecule has 6 N–H and O–H groups in total. The Balaban J connectivity index is 0.00000123. The van der Waals surface area contributed by atoms with E-state index in [1.807, 2.05) is 96.4 Å². The van der Waals surface area contributed by atoms with Crippen LogP contribution in [-0.4, -0.2) is 155 Å². The molecule has 2 unspecified atom stereocenters. The average molecular weight is 2330 g/mol. The van der Waals surface area contributed by atoms with E-state index in [0.717, 1.165) is 48.9 Å². The lowest BCUT2D eigenvalue weighted by Crippen LogP contribution is -3.06. The van der Waals surface area contributed by atoms with Crippen LogP contribution >= 0.6 is 183 Å². The number of esters is 4. The number of carbonyl (C=O) groups excluding carboxylic acids is 6. The summed E-state index contributed by atoms with van der Waals surface area (Å²) in [7, 11) is -11.0. The van der Waals surface area contributed by atoms with E-state index in [9.17, 15) is 94.0 Å². The quantitative estimate of drug-likeness (QED) is 0.00775. The lowest BCUT2D eigenvalue weighted by molar-refractivity contribution is -0.858. The molecule has 0 aliphatic heterocycles. The van der Waals surface area contributed by atoms with Gasteiger partial charge in [-0.25, -0.2) is 53.6 Å². The number of nitrogens with one attached hydrogen (secondary N) is 3. The SMILES string of the molecule is C=C(C)C(=O)OCC[NH+](C)C.C=Cc1ccc([NH3+])cc1.C=Cn1cc[n+](CC)c1.CC(=O)Nc1c(I)c(NC(C)=O)c(I)c(C(=O)OC(CS(=O)(=O)[O-])C(F)(F)F)c1I.O=C(OC(CS(=O)(=O)[O-])C(F)(F)F)c1cc(Br)cc(Br)c1Br.O=C(OCCS(=O)(=O)[O-])c1cc(I)cc(I)c1I. The fourth-order valence-electron chi connectivity index (χ4n) is 6.11. The molecule has 0 spiro atoms. The van der Waals surface area contributed by atoms with Gasteiger partial charge in [-0.2, -0.15) is 26.3 Å². The normalized spacial score (nSPS) is 11.8. The number of amides is 2. The Bertz CT molecular complexity index is 4030. The molecule has 43 heteroatoms. The van der Waals surface area contributed by atoms with Crippen molar-refractivity contribution < 1.29 is 128 Å². The van der Waals surface area contributed by atoms with Crippen LogP contribution in [0, 0.1) is 21.4 Å². The molecule has 550 valence electrons. The van der Waals surface area contributed by atoms with Gasteiger partial charge in [0, 0.05) is 43.5 Å². The van der Waals surface area contributed by atoms with Crippen LogP contribution in [0.15, 0.2) is 106 Å². The maximum atomic E-state index is 13.1. The Morgan fingerprint density at radius 3 is 1.57 bits per heavy atom. The predicted molar refractivity (Wildman–Crippen MR) is 411 cm³/mol. The molecule has 99 heavy (non-hydrogen) atoms. The summed E-state index contributed by atoms with van der Waals surface area (Å²) in [6.07, 6.45) is -7.20. The summed E-state index contributed by atoms with van der Waals surface area (Å²) in [5.74, 6) is -9.69. The number of hydrogen-bond donors (Lipinski definition) is 4. The molecule has 0 saturated carbocycles. The Labute approximate surface area is 673 Å².